The zero-order valence-electron chi connectivity index (χ0n) is 12.5. The zero-order valence-corrected chi connectivity index (χ0v) is 12.5. The lowest BCUT2D eigenvalue weighted by molar-refractivity contribution is 0.261. The van der Waals surface area contributed by atoms with E-state index in [-0.39, 0.29) is 12.5 Å². The van der Waals surface area contributed by atoms with Gasteiger partial charge in [-0.25, -0.2) is 9.67 Å². The highest BCUT2D eigenvalue weighted by molar-refractivity contribution is 5.29. The normalized spacial score (nSPS) is 12.8. The largest absolute Gasteiger partial charge is 0.396 e. The Hall–Kier alpha value is -1.68. The van der Waals surface area contributed by atoms with Gasteiger partial charge in [0.15, 0.2) is 0 Å². The van der Waals surface area contributed by atoms with Gasteiger partial charge in [-0.15, -0.1) is 0 Å². The highest BCUT2D eigenvalue weighted by atomic mass is 16.3. The van der Waals surface area contributed by atoms with Crippen LogP contribution in [0.1, 0.15) is 36.7 Å². The lowest BCUT2D eigenvalue weighted by Crippen LogP contribution is -2.16. The third-order valence-corrected chi connectivity index (χ3v) is 3.51. The first kappa shape index (κ1) is 14.7. The molecule has 0 bridgehead atoms. The lowest BCUT2D eigenvalue weighted by atomic mass is 9.92. The van der Waals surface area contributed by atoms with Crippen LogP contribution in [0.2, 0.25) is 0 Å². The molecule has 108 valence electrons. The number of aromatic nitrogens is 3. The Morgan fingerprint density at radius 3 is 2.65 bits per heavy atom. The summed E-state index contributed by atoms with van der Waals surface area (Å²) in [6.45, 7) is 7.39. The average molecular weight is 273 g/mol. The van der Waals surface area contributed by atoms with Crippen LogP contribution in [0.25, 0.3) is 0 Å². The Kier molecular flexibility index (Phi) is 4.90. The van der Waals surface area contributed by atoms with Crippen LogP contribution in [0.5, 0.6) is 0 Å². The van der Waals surface area contributed by atoms with Gasteiger partial charge in [0.05, 0.1) is 6.61 Å². The molecule has 2 aromatic rings. The molecule has 4 nitrogen and oxygen atoms in total. The van der Waals surface area contributed by atoms with Crippen LogP contribution < -0.4 is 0 Å². The molecule has 1 unspecified atom stereocenters. The summed E-state index contributed by atoms with van der Waals surface area (Å²) in [5, 5.41) is 14.0. The molecule has 0 aliphatic carbocycles. The van der Waals surface area contributed by atoms with Crippen molar-refractivity contribution in [3.8, 4) is 0 Å². The number of benzene rings is 1. The minimum Gasteiger partial charge on any atom is -0.396 e. The molecule has 1 aromatic carbocycles. The monoisotopic (exact) mass is 273 g/mol. The molecular weight excluding hydrogens is 250 g/mol. The topological polar surface area (TPSA) is 50.9 Å². The minimum atomic E-state index is 0.0753. The Morgan fingerprint density at radius 2 is 2.00 bits per heavy atom. The number of nitrogens with zero attached hydrogens (tertiary/aromatic N) is 3. The van der Waals surface area contributed by atoms with Crippen molar-refractivity contribution in [1.82, 2.24) is 14.8 Å². The van der Waals surface area contributed by atoms with Crippen LogP contribution in [0.3, 0.4) is 0 Å². The Bertz CT molecular complexity index is 548. The van der Waals surface area contributed by atoms with Crippen LogP contribution in [-0.4, -0.2) is 26.5 Å². The molecule has 4 heteroatoms. The summed E-state index contributed by atoms with van der Waals surface area (Å²) < 4.78 is 1.95. The minimum absolute atomic E-state index is 0.0753. The standard InChI is InChI=1S/C16H23N3O/c1-12(2)9-19-16(17-11-18-19)8-14(10-20)15-7-5-4-6-13(15)3/h4-7,11-12,14,20H,8-10H2,1-3H3. The zero-order chi connectivity index (χ0) is 14.5. The summed E-state index contributed by atoms with van der Waals surface area (Å²) in [5.41, 5.74) is 2.40. The second kappa shape index (κ2) is 6.66. The maximum atomic E-state index is 9.72. The molecule has 1 N–H and O–H groups in total. The molecule has 1 atom stereocenters. The Balaban J connectivity index is 2.19. The van der Waals surface area contributed by atoms with Crippen LogP contribution in [0.15, 0.2) is 30.6 Å². The maximum Gasteiger partial charge on any atom is 0.138 e. The number of rotatable bonds is 6. The van der Waals surface area contributed by atoms with Crippen LogP contribution >= 0.6 is 0 Å². The van der Waals surface area contributed by atoms with Gasteiger partial charge in [0.25, 0.3) is 0 Å². The molecule has 0 amide bonds. The van der Waals surface area contributed by atoms with Crippen molar-refractivity contribution in [1.29, 1.82) is 0 Å². The molecular formula is C16H23N3O. The predicted octanol–water partition coefficient (Wildman–Crippen LogP) is 2.56. The average Bonchev–Trinajstić information content (AvgIpc) is 2.83. The smallest absolute Gasteiger partial charge is 0.138 e. The summed E-state index contributed by atoms with van der Waals surface area (Å²) in [4.78, 5) is 4.35. The third kappa shape index (κ3) is 3.45. The summed E-state index contributed by atoms with van der Waals surface area (Å²) >= 11 is 0. The van der Waals surface area contributed by atoms with Gasteiger partial charge >= 0.3 is 0 Å². The van der Waals surface area contributed by atoms with Gasteiger partial charge in [-0.1, -0.05) is 38.1 Å². The maximum absolute atomic E-state index is 9.72. The second-order valence-corrected chi connectivity index (χ2v) is 5.69. The van der Waals surface area contributed by atoms with E-state index >= 15 is 0 Å². The summed E-state index contributed by atoms with van der Waals surface area (Å²) in [6, 6.07) is 8.20. The summed E-state index contributed by atoms with van der Waals surface area (Å²) in [6.07, 6.45) is 2.32. The summed E-state index contributed by atoms with van der Waals surface area (Å²) in [7, 11) is 0. The predicted molar refractivity (Wildman–Crippen MR) is 79.6 cm³/mol. The molecule has 1 aromatic heterocycles. The van der Waals surface area contributed by atoms with E-state index < -0.39 is 0 Å². The molecule has 0 saturated heterocycles. The molecule has 1 heterocycles. The van der Waals surface area contributed by atoms with Crippen LogP contribution in [-0.2, 0) is 13.0 Å². The van der Waals surface area contributed by atoms with Gasteiger partial charge in [0.2, 0.25) is 0 Å². The highest BCUT2D eigenvalue weighted by Gasteiger charge is 2.17. The van der Waals surface area contributed by atoms with Crippen molar-refractivity contribution in [2.75, 3.05) is 6.61 Å². The molecule has 0 fully saturated rings. The van der Waals surface area contributed by atoms with Gasteiger partial charge in [-0.05, 0) is 24.0 Å². The van der Waals surface area contributed by atoms with Crippen molar-refractivity contribution >= 4 is 0 Å². The van der Waals surface area contributed by atoms with E-state index in [0.29, 0.717) is 12.3 Å². The van der Waals surface area contributed by atoms with Crippen molar-refractivity contribution in [3.63, 3.8) is 0 Å². The van der Waals surface area contributed by atoms with Gasteiger partial charge in [0, 0.05) is 18.9 Å². The Morgan fingerprint density at radius 1 is 1.25 bits per heavy atom. The van der Waals surface area contributed by atoms with Gasteiger partial charge < -0.3 is 5.11 Å². The second-order valence-electron chi connectivity index (χ2n) is 5.69. The van der Waals surface area contributed by atoms with Crippen LogP contribution in [0.4, 0.5) is 0 Å². The molecule has 0 aliphatic rings. The van der Waals surface area contributed by atoms with Gasteiger partial charge in [-0.2, -0.15) is 5.10 Å². The third-order valence-electron chi connectivity index (χ3n) is 3.51. The summed E-state index contributed by atoms with van der Waals surface area (Å²) in [5.74, 6) is 1.55. The molecule has 0 aliphatic heterocycles. The fraction of sp³-hybridized carbons (Fsp3) is 0.500. The number of aliphatic hydroxyl groups is 1. The van der Waals surface area contributed by atoms with E-state index in [9.17, 15) is 5.11 Å². The SMILES string of the molecule is Cc1ccccc1C(CO)Cc1ncnn1CC(C)C. The van der Waals surface area contributed by atoms with E-state index in [1.54, 1.807) is 6.33 Å². The first-order valence-corrected chi connectivity index (χ1v) is 7.15. The Labute approximate surface area is 120 Å². The van der Waals surface area contributed by atoms with Crippen molar-refractivity contribution in [2.45, 2.75) is 39.7 Å². The quantitative estimate of drug-likeness (QED) is 0.880. The van der Waals surface area contributed by atoms with Crippen molar-refractivity contribution < 1.29 is 5.11 Å². The van der Waals surface area contributed by atoms with Crippen molar-refractivity contribution in [3.05, 3.63) is 47.5 Å². The molecule has 0 saturated carbocycles. The fourth-order valence-corrected chi connectivity index (χ4v) is 2.48. The first-order valence-electron chi connectivity index (χ1n) is 7.15. The van der Waals surface area contributed by atoms with E-state index in [0.717, 1.165) is 12.4 Å². The highest BCUT2D eigenvalue weighted by Crippen LogP contribution is 2.23. The van der Waals surface area contributed by atoms with Crippen molar-refractivity contribution in [2.24, 2.45) is 5.92 Å². The van der Waals surface area contributed by atoms with E-state index in [1.807, 2.05) is 16.8 Å². The number of hydrogen-bond donors (Lipinski definition) is 1. The van der Waals surface area contributed by atoms with Gasteiger partial charge in [-0.3, -0.25) is 0 Å². The molecule has 2 rings (SSSR count). The fourth-order valence-electron chi connectivity index (χ4n) is 2.48. The lowest BCUT2D eigenvalue weighted by Gasteiger charge is -2.17. The molecule has 0 spiro atoms. The number of hydrogen-bond acceptors (Lipinski definition) is 3. The molecule has 20 heavy (non-hydrogen) atoms. The molecule has 0 radical (unpaired) electrons. The van der Waals surface area contributed by atoms with Crippen LogP contribution in [0, 0.1) is 12.8 Å². The number of aliphatic hydroxyl groups excluding tert-OH is 1. The van der Waals surface area contributed by atoms with E-state index in [4.69, 9.17) is 0 Å². The number of aryl methyl sites for hydroxylation is 1. The van der Waals surface area contributed by atoms with Gasteiger partial charge in [0.1, 0.15) is 12.2 Å². The van der Waals surface area contributed by atoms with E-state index in [1.165, 1.54) is 11.1 Å². The first-order chi connectivity index (χ1) is 9.61. The van der Waals surface area contributed by atoms with E-state index in [2.05, 4.69) is 43.0 Å².